The maximum Gasteiger partial charge on any atom is 0.169 e. The predicted octanol–water partition coefficient (Wildman–Crippen LogP) is 3.83. The van der Waals surface area contributed by atoms with E-state index in [1.54, 1.807) is 12.5 Å². The van der Waals surface area contributed by atoms with Gasteiger partial charge < -0.3 is 14.2 Å². The van der Waals surface area contributed by atoms with Crippen LogP contribution in [0.1, 0.15) is 22.6 Å². The van der Waals surface area contributed by atoms with E-state index in [1.807, 2.05) is 30.3 Å². The van der Waals surface area contributed by atoms with Gasteiger partial charge in [-0.15, -0.1) is 12.4 Å². The zero-order valence-corrected chi connectivity index (χ0v) is 15.4. The summed E-state index contributed by atoms with van der Waals surface area (Å²) in [6.45, 7) is 3.58. The third-order valence-electron chi connectivity index (χ3n) is 5.37. The Bertz CT molecular complexity index is 938. The third kappa shape index (κ3) is 3.23. The molecule has 3 heterocycles. The lowest BCUT2D eigenvalue weighted by atomic mass is 9.86. The Balaban J connectivity index is 0.00000180. The number of fused-ring (bicyclic) bond motifs is 4. The van der Waals surface area contributed by atoms with E-state index in [9.17, 15) is 5.26 Å². The molecule has 0 spiro atoms. The van der Waals surface area contributed by atoms with Crippen molar-refractivity contribution in [2.75, 3.05) is 19.7 Å². The molecule has 5 nitrogen and oxygen atoms in total. The summed E-state index contributed by atoms with van der Waals surface area (Å²) in [5.41, 5.74) is 3.08. The first-order chi connectivity index (χ1) is 12.8. The van der Waals surface area contributed by atoms with E-state index in [1.165, 1.54) is 11.1 Å². The molecule has 5 rings (SSSR count). The van der Waals surface area contributed by atoms with Crippen molar-refractivity contribution in [1.29, 1.82) is 5.26 Å². The van der Waals surface area contributed by atoms with Gasteiger partial charge in [0.1, 0.15) is 18.3 Å². The number of nitriles is 1. The lowest BCUT2D eigenvalue weighted by molar-refractivity contribution is 0.212. The number of halogens is 1. The molecule has 2 atom stereocenters. The number of ether oxygens (including phenoxy) is 3. The monoisotopic (exact) mass is 382 g/mol. The van der Waals surface area contributed by atoms with Crippen LogP contribution in [0.5, 0.6) is 17.2 Å². The Kier molecular flexibility index (Phi) is 4.69. The predicted molar refractivity (Wildman–Crippen MR) is 102 cm³/mol. The Morgan fingerprint density at radius 1 is 1.00 bits per heavy atom. The van der Waals surface area contributed by atoms with Crippen LogP contribution in [-0.4, -0.2) is 24.6 Å². The zero-order chi connectivity index (χ0) is 17.5. The molecule has 27 heavy (non-hydrogen) atoms. The van der Waals surface area contributed by atoms with Gasteiger partial charge in [-0.1, -0.05) is 6.07 Å². The Hall–Kier alpha value is -2.68. The van der Waals surface area contributed by atoms with Gasteiger partial charge in [-0.3, -0.25) is 4.90 Å². The standard InChI is InChI=1S/C21H18N2O3.ClH/c22-9-14-1-3-19-17(7-14)18-12-23(11-16(18)13-26-19)10-15-2-4-20-21(8-15)25-6-5-24-20;/h1-8,16,18H,10-13H2;1H/t16-,18+;/m0./s1. The van der Waals surface area contributed by atoms with Crippen molar-refractivity contribution in [1.82, 2.24) is 4.90 Å². The Morgan fingerprint density at radius 2 is 1.81 bits per heavy atom. The third-order valence-corrected chi connectivity index (χ3v) is 5.37. The molecular formula is C21H19ClN2O3. The molecule has 2 aromatic carbocycles. The number of hydrogen-bond donors (Lipinski definition) is 0. The SMILES string of the molecule is Cl.N#Cc1ccc2c(c1)[C@@H]1CN(Cc3ccc4c(c3)OC=CO4)C[C@H]1CO2. The summed E-state index contributed by atoms with van der Waals surface area (Å²) in [6, 6.07) is 14.1. The van der Waals surface area contributed by atoms with Crippen molar-refractivity contribution >= 4 is 12.4 Å². The average Bonchev–Trinajstić information content (AvgIpc) is 3.10. The highest BCUT2D eigenvalue weighted by Gasteiger charge is 2.38. The number of nitrogens with zero attached hydrogens (tertiary/aromatic N) is 2. The first-order valence-corrected chi connectivity index (χ1v) is 8.80. The Labute approximate surface area is 164 Å². The van der Waals surface area contributed by atoms with Gasteiger partial charge in [0, 0.05) is 37.0 Å². The van der Waals surface area contributed by atoms with Crippen LogP contribution >= 0.6 is 12.4 Å². The van der Waals surface area contributed by atoms with E-state index in [0.717, 1.165) is 43.5 Å². The number of likely N-dealkylation sites (tertiary alicyclic amines) is 1. The summed E-state index contributed by atoms with van der Waals surface area (Å²) in [6.07, 6.45) is 3.09. The lowest BCUT2D eigenvalue weighted by Crippen LogP contribution is -2.25. The second-order valence-electron chi connectivity index (χ2n) is 7.03. The van der Waals surface area contributed by atoms with Crippen LogP contribution < -0.4 is 14.2 Å². The van der Waals surface area contributed by atoms with E-state index in [-0.39, 0.29) is 12.4 Å². The van der Waals surface area contributed by atoms with Crippen LogP contribution in [0.4, 0.5) is 0 Å². The molecule has 0 saturated carbocycles. The van der Waals surface area contributed by atoms with Crippen molar-refractivity contribution < 1.29 is 14.2 Å². The van der Waals surface area contributed by atoms with E-state index in [4.69, 9.17) is 14.2 Å². The largest absolute Gasteiger partial charge is 0.493 e. The molecule has 0 unspecified atom stereocenters. The van der Waals surface area contributed by atoms with Crippen LogP contribution in [0.2, 0.25) is 0 Å². The lowest BCUT2D eigenvalue weighted by Gasteiger charge is -2.27. The van der Waals surface area contributed by atoms with Gasteiger partial charge in [0.2, 0.25) is 0 Å². The van der Waals surface area contributed by atoms with Crippen molar-refractivity contribution in [2.45, 2.75) is 12.5 Å². The van der Waals surface area contributed by atoms with Gasteiger partial charge in [-0.2, -0.15) is 5.26 Å². The highest BCUT2D eigenvalue weighted by molar-refractivity contribution is 5.85. The van der Waals surface area contributed by atoms with Crippen LogP contribution in [0.25, 0.3) is 0 Å². The zero-order valence-electron chi connectivity index (χ0n) is 14.6. The molecule has 0 aromatic heterocycles. The molecule has 3 aliphatic rings. The van der Waals surface area contributed by atoms with Gasteiger partial charge in [0.25, 0.3) is 0 Å². The summed E-state index contributed by atoms with van der Waals surface area (Å²) in [5, 5.41) is 9.20. The van der Waals surface area contributed by atoms with Crippen LogP contribution in [0.3, 0.4) is 0 Å². The normalized spacial score (nSPS) is 22.0. The second-order valence-corrected chi connectivity index (χ2v) is 7.03. The number of rotatable bonds is 2. The molecule has 0 aliphatic carbocycles. The molecule has 0 bridgehead atoms. The van der Waals surface area contributed by atoms with Gasteiger partial charge in [0.15, 0.2) is 11.5 Å². The van der Waals surface area contributed by atoms with Crippen molar-refractivity contribution in [3.05, 3.63) is 65.6 Å². The minimum absolute atomic E-state index is 0. The Morgan fingerprint density at radius 3 is 2.67 bits per heavy atom. The van der Waals surface area contributed by atoms with Crippen molar-refractivity contribution in [3.63, 3.8) is 0 Å². The average molecular weight is 383 g/mol. The van der Waals surface area contributed by atoms with E-state index >= 15 is 0 Å². The molecule has 6 heteroatoms. The van der Waals surface area contributed by atoms with E-state index in [2.05, 4.69) is 17.0 Å². The maximum atomic E-state index is 9.20. The van der Waals surface area contributed by atoms with Gasteiger partial charge in [-0.05, 0) is 35.9 Å². The summed E-state index contributed by atoms with van der Waals surface area (Å²) in [4.78, 5) is 2.45. The van der Waals surface area contributed by atoms with Gasteiger partial charge >= 0.3 is 0 Å². The van der Waals surface area contributed by atoms with Crippen LogP contribution in [-0.2, 0) is 6.54 Å². The molecule has 1 fully saturated rings. The smallest absolute Gasteiger partial charge is 0.169 e. The molecule has 3 aliphatic heterocycles. The molecule has 0 amide bonds. The molecular weight excluding hydrogens is 364 g/mol. The first kappa shape index (κ1) is 17.7. The van der Waals surface area contributed by atoms with Crippen LogP contribution in [0.15, 0.2) is 48.9 Å². The summed E-state index contributed by atoms with van der Waals surface area (Å²) >= 11 is 0. The molecule has 0 radical (unpaired) electrons. The maximum absolute atomic E-state index is 9.20. The molecule has 0 N–H and O–H groups in total. The number of hydrogen-bond acceptors (Lipinski definition) is 5. The fourth-order valence-corrected chi connectivity index (χ4v) is 4.15. The summed E-state index contributed by atoms with van der Waals surface area (Å²) in [7, 11) is 0. The van der Waals surface area contributed by atoms with Crippen LogP contribution in [0, 0.1) is 17.2 Å². The second kappa shape index (κ2) is 7.15. The first-order valence-electron chi connectivity index (χ1n) is 8.80. The number of benzene rings is 2. The fourth-order valence-electron chi connectivity index (χ4n) is 4.15. The quantitative estimate of drug-likeness (QED) is 0.790. The molecule has 2 aromatic rings. The highest BCUT2D eigenvalue weighted by Crippen LogP contribution is 2.42. The van der Waals surface area contributed by atoms with Crippen molar-refractivity contribution in [2.24, 2.45) is 5.92 Å². The highest BCUT2D eigenvalue weighted by atomic mass is 35.5. The summed E-state index contributed by atoms with van der Waals surface area (Å²) in [5.74, 6) is 3.33. The summed E-state index contributed by atoms with van der Waals surface area (Å²) < 4.78 is 16.9. The van der Waals surface area contributed by atoms with Gasteiger partial charge in [-0.25, -0.2) is 0 Å². The van der Waals surface area contributed by atoms with Gasteiger partial charge in [0.05, 0.1) is 18.2 Å². The van der Waals surface area contributed by atoms with Crippen molar-refractivity contribution in [3.8, 4) is 23.3 Å². The van der Waals surface area contributed by atoms with E-state index < -0.39 is 0 Å². The molecule has 138 valence electrons. The minimum Gasteiger partial charge on any atom is -0.493 e. The topological polar surface area (TPSA) is 54.7 Å². The minimum atomic E-state index is 0. The fraction of sp³-hybridized carbons (Fsp3) is 0.286. The molecule has 1 saturated heterocycles. The van der Waals surface area contributed by atoms with E-state index in [0.29, 0.717) is 17.4 Å².